The number of hydrogen-bond donors (Lipinski definition) is 0. The summed E-state index contributed by atoms with van der Waals surface area (Å²) in [7, 11) is 3.83. The highest BCUT2D eigenvalue weighted by Crippen LogP contribution is 2.30. The Balaban J connectivity index is 1.54. The molecule has 0 N–H and O–H groups in total. The van der Waals surface area contributed by atoms with Gasteiger partial charge in [0.2, 0.25) is 5.88 Å². The Morgan fingerprint density at radius 2 is 1.97 bits per heavy atom. The van der Waals surface area contributed by atoms with Crippen molar-refractivity contribution in [3.63, 3.8) is 0 Å². The molecule has 0 radical (unpaired) electrons. The number of amides is 1. The summed E-state index contributed by atoms with van der Waals surface area (Å²) in [5, 5.41) is 10.3. The van der Waals surface area contributed by atoms with Crippen LogP contribution in [0.3, 0.4) is 0 Å². The van der Waals surface area contributed by atoms with Gasteiger partial charge in [-0.05, 0) is 42.7 Å². The molecule has 0 spiro atoms. The molecule has 1 aliphatic heterocycles. The molecule has 1 aliphatic rings. The minimum atomic E-state index is -0.122. The SMILES string of the molecule is CCOc1ccc2ccccc2c1C(=O)N1CCCC(Oc2ccc(N(C)C)nn2)C1. The largest absolute Gasteiger partial charge is 0.493 e. The number of benzene rings is 2. The van der Waals surface area contributed by atoms with E-state index in [4.69, 9.17) is 9.47 Å². The van der Waals surface area contributed by atoms with Gasteiger partial charge in [0, 0.05) is 26.7 Å². The molecule has 1 aromatic heterocycles. The average Bonchev–Trinajstić information content (AvgIpc) is 2.79. The summed E-state index contributed by atoms with van der Waals surface area (Å²) in [5.74, 6) is 1.85. The van der Waals surface area contributed by atoms with Gasteiger partial charge in [-0.1, -0.05) is 30.3 Å². The number of carbonyl (C=O) groups is 1. The number of piperidine rings is 1. The molecule has 7 heteroatoms. The molecule has 3 aromatic rings. The second-order valence-corrected chi connectivity index (χ2v) is 7.85. The summed E-state index contributed by atoms with van der Waals surface area (Å²) < 4.78 is 11.9. The summed E-state index contributed by atoms with van der Waals surface area (Å²) >= 11 is 0. The number of carbonyl (C=O) groups excluding carboxylic acids is 1. The molecular weight excluding hydrogens is 392 g/mol. The van der Waals surface area contributed by atoms with Crippen LogP contribution in [-0.2, 0) is 0 Å². The van der Waals surface area contributed by atoms with Crippen LogP contribution in [0.4, 0.5) is 5.82 Å². The molecule has 0 bridgehead atoms. The number of fused-ring (bicyclic) bond motifs is 1. The molecule has 0 saturated carbocycles. The monoisotopic (exact) mass is 420 g/mol. The molecule has 0 aliphatic carbocycles. The van der Waals surface area contributed by atoms with E-state index in [0.29, 0.717) is 36.9 Å². The van der Waals surface area contributed by atoms with Crippen molar-refractivity contribution in [1.29, 1.82) is 0 Å². The van der Waals surface area contributed by atoms with E-state index in [2.05, 4.69) is 10.2 Å². The van der Waals surface area contributed by atoms with Crippen LogP contribution < -0.4 is 14.4 Å². The summed E-state index contributed by atoms with van der Waals surface area (Å²) in [6.45, 7) is 3.63. The molecule has 2 heterocycles. The van der Waals surface area contributed by atoms with Gasteiger partial charge in [0.05, 0.1) is 18.7 Å². The van der Waals surface area contributed by atoms with E-state index in [0.717, 1.165) is 29.4 Å². The van der Waals surface area contributed by atoms with Gasteiger partial charge in [-0.2, -0.15) is 0 Å². The first-order chi connectivity index (χ1) is 15.1. The molecule has 162 valence electrons. The summed E-state index contributed by atoms with van der Waals surface area (Å²) in [6.07, 6.45) is 1.62. The Hall–Kier alpha value is -3.35. The lowest BCUT2D eigenvalue weighted by Crippen LogP contribution is -2.44. The number of likely N-dealkylation sites (tertiary alicyclic amines) is 1. The molecule has 1 amide bonds. The Labute approximate surface area is 182 Å². The number of anilines is 1. The number of aromatic nitrogens is 2. The van der Waals surface area contributed by atoms with E-state index in [1.807, 2.05) is 79.3 Å². The Morgan fingerprint density at radius 3 is 2.71 bits per heavy atom. The molecule has 2 aromatic carbocycles. The summed E-state index contributed by atoms with van der Waals surface area (Å²) in [6, 6.07) is 15.5. The third kappa shape index (κ3) is 4.55. The summed E-state index contributed by atoms with van der Waals surface area (Å²) in [5.41, 5.74) is 0.621. The lowest BCUT2D eigenvalue weighted by atomic mass is 10.0. The van der Waals surface area contributed by atoms with E-state index in [-0.39, 0.29) is 12.0 Å². The zero-order valence-corrected chi connectivity index (χ0v) is 18.2. The number of ether oxygens (including phenoxy) is 2. The third-order valence-corrected chi connectivity index (χ3v) is 5.44. The summed E-state index contributed by atoms with van der Waals surface area (Å²) in [4.78, 5) is 17.3. The molecule has 1 saturated heterocycles. The van der Waals surface area contributed by atoms with Crippen molar-refractivity contribution in [3.8, 4) is 11.6 Å². The highest BCUT2D eigenvalue weighted by Gasteiger charge is 2.29. The minimum Gasteiger partial charge on any atom is -0.493 e. The predicted octanol–water partition coefficient (Wildman–Crippen LogP) is 3.78. The lowest BCUT2D eigenvalue weighted by Gasteiger charge is -2.33. The van der Waals surface area contributed by atoms with Crippen LogP contribution in [0.25, 0.3) is 10.8 Å². The normalized spacial score (nSPS) is 16.2. The van der Waals surface area contributed by atoms with Gasteiger partial charge in [0.15, 0.2) is 5.82 Å². The van der Waals surface area contributed by atoms with Crippen LogP contribution in [0, 0.1) is 0 Å². The minimum absolute atomic E-state index is 0.0254. The highest BCUT2D eigenvalue weighted by molar-refractivity contribution is 6.09. The Morgan fingerprint density at radius 1 is 1.13 bits per heavy atom. The van der Waals surface area contributed by atoms with Crippen molar-refractivity contribution < 1.29 is 14.3 Å². The third-order valence-electron chi connectivity index (χ3n) is 5.44. The van der Waals surface area contributed by atoms with Crippen LogP contribution in [0.1, 0.15) is 30.1 Å². The number of hydrogen-bond acceptors (Lipinski definition) is 6. The fourth-order valence-electron chi connectivity index (χ4n) is 3.91. The first-order valence-electron chi connectivity index (χ1n) is 10.7. The van der Waals surface area contributed by atoms with Crippen LogP contribution in [0.5, 0.6) is 11.6 Å². The second kappa shape index (κ2) is 9.20. The number of nitrogens with zero attached hydrogens (tertiary/aromatic N) is 4. The number of rotatable bonds is 6. The average molecular weight is 421 g/mol. The van der Waals surface area contributed by atoms with Gasteiger partial charge in [-0.15, -0.1) is 10.2 Å². The predicted molar refractivity (Wildman–Crippen MR) is 121 cm³/mol. The van der Waals surface area contributed by atoms with Crippen LogP contribution in [-0.4, -0.2) is 60.9 Å². The lowest BCUT2D eigenvalue weighted by molar-refractivity contribution is 0.0524. The van der Waals surface area contributed by atoms with Crippen molar-refractivity contribution in [2.75, 3.05) is 38.7 Å². The van der Waals surface area contributed by atoms with E-state index in [9.17, 15) is 4.79 Å². The zero-order chi connectivity index (χ0) is 21.8. The van der Waals surface area contributed by atoms with Crippen molar-refractivity contribution in [2.45, 2.75) is 25.9 Å². The smallest absolute Gasteiger partial charge is 0.258 e. The molecule has 1 unspecified atom stereocenters. The zero-order valence-electron chi connectivity index (χ0n) is 18.2. The first-order valence-corrected chi connectivity index (χ1v) is 10.7. The van der Waals surface area contributed by atoms with Gasteiger partial charge in [-0.3, -0.25) is 4.79 Å². The molecule has 31 heavy (non-hydrogen) atoms. The van der Waals surface area contributed by atoms with Gasteiger partial charge < -0.3 is 19.3 Å². The van der Waals surface area contributed by atoms with Gasteiger partial charge in [0.1, 0.15) is 11.9 Å². The molecular formula is C24H28N4O3. The maximum atomic E-state index is 13.6. The van der Waals surface area contributed by atoms with Crippen LogP contribution >= 0.6 is 0 Å². The topological polar surface area (TPSA) is 67.8 Å². The van der Waals surface area contributed by atoms with Gasteiger partial charge in [-0.25, -0.2) is 0 Å². The fraction of sp³-hybridized carbons (Fsp3) is 0.375. The van der Waals surface area contributed by atoms with Crippen LogP contribution in [0.15, 0.2) is 48.5 Å². The quantitative estimate of drug-likeness (QED) is 0.605. The van der Waals surface area contributed by atoms with Crippen molar-refractivity contribution in [2.24, 2.45) is 0 Å². The fourth-order valence-corrected chi connectivity index (χ4v) is 3.91. The Kier molecular flexibility index (Phi) is 6.21. The van der Waals surface area contributed by atoms with E-state index in [1.54, 1.807) is 0 Å². The molecule has 1 fully saturated rings. The molecule has 1 atom stereocenters. The molecule has 4 rings (SSSR count). The Bertz CT molecular complexity index is 1050. The van der Waals surface area contributed by atoms with E-state index in [1.165, 1.54) is 0 Å². The van der Waals surface area contributed by atoms with Crippen LogP contribution in [0.2, 0.25) is 0 Å². The maximum absolute atomic E-state index is 13.6. The van der Waals surface area contributed by atoms with Crippen molar-refractivity contribution >= 4 is 22.5 Å². The second-order valence-electron chi connectivity index (χ2n) is 7.85. The molecule has 7 nitrogen and oxygen atoms in total. The first kappa shape index (κ1) is 20.9. The van der Waals surface area contributed by atoms with Gasteiger partial charge in [0.25, 0.3) is 5.91 Å². The van der Waals surface area contributed by atoms with Crippen molar-refractivity contribution in [1.82, 2.24) is 15.1 Å². The standard InChI is InChI=1S/C24H28N4O3/c1-4-30-20-12-11-17-8-5-6-10-19(17)23(20)24(29)28-15-7-9-18(16-28)31-22-14-13-21(25-26-22)27(2)3/h5-6,8,10-14,18H,4,7,9,15-16H2,1-3H3. The van der Waals surface area contributed by atoms with Crippen molar-refractivity contribution in [3.05, 3.63) is 54.1 Å². The van der Waals surface area contributed by atoms with E-state index < -0.39 is 0 Å². The highest BCUT2D eigenvalue weighted by atomic mass is 16.5. The van der Waals surface area contributed by atoms with Gasteiger partial charge >= 0.3 is 0 Å². The maximum Gasteiger partial charge on any atom is 0.258 e. The van der Waals surface area contributed by atoms with E-state index >= 15 is 0 Å².